The molecule has 0 radical (unpaired) electrons. The Morgan fingerprint density at radius 3 is 2.47 bits per heavy atom. The number of hydrogen-bond acceptors (Lipinski definition) is 4. The smallest absolute Gasteiger partial charge is 0.123 e. The average Bonchev–Trinajstić information content (AvgIpc) is 2.36. The zero-order valence-electron chi connectivity index (χ0n) is 12.3. The molecule has 1 rings (SSSR count). The molecule has 1 atom stereocenters. The lowest BCUT2D eigenvalue weighted by Crippen LogP contribution is -2.23. The van der Waals surface area contributed by atoms with E-state index in [0.717, 1.165) is 11.3 Å². The maximum absolute atomic E-state index is 6.09. The summed E-state index contributed by atoms with van der Waals surface area (Å²) < 4.78 is 16.4. The minimum absolute atomic E-state index is 0.131. The van der Waals surface area contributed by atoms with E-state index in [4.69, 9.17) is 19.9 Å². The minimum Gasteiger partial charge on any atom is -0.496 e. The van der Waals surface area contributed by atoms with Crippen LogP contribution in [0.15, 0.2) is 24.3 Å². The molecule has 0 heterocycles. The number of rotatable bonds is 7. The zero-order chi connectivity index (χ0) is 14.3. The maximum atomic E-state index is 6.09. The molecule has 4 nitrogen and oxygen atoms in total. The van der Waals surface area contributed by atoms with Gasteiger partial charge in [0, 0.05) is 5.56 Å². The van der Waals surface area contributed by atoms with Gasteiger partial charge in [-0.05, 0) is 26.8 Å². The largest absolute Gasteiger partial charge is 0.496 e. The van der Waals surface area contributed by atoms with Gasteiger partial charge in [-0.15, -0.1) is 0 Å². The second-order valence-electron chi connectivity index (χ2n) is 5.38. The first-order valence-electron chi connectivity index (χ1n) is 6.54. The molecule has 1 aromatic carbocycles. The standard InChI is InChI=1S/C15H25NO3/c1-15(2,3)19-10-9-18-11-13(16)12-7-5-6-8-14(12)17-4/h5-8,13H,9-11,16H2,1-4H3. The highest BCUT2D eigenvalue weighted by atomic mass is 16.5. The quantitative estimate of drug-likeness (QED) is 0.771. The Kier molecular flexibility index (Phi) is 6.28. The number of benzene rings is 1. The van der Waals surface area contributed by atoms with E-state index in [-0.39, 0.29) is 11.6 Å². The molecule has 108 valence electrons. The highest BCUT2D eigenvalue weighted by Crippen LogP contribution is 2.23. The van der Waals surface area contributed by atoms with Gasteiger partial charge in [0.05, 0.1) is 38.6 Å². The predicted octanol–water partition coefficient (Wildman–Crippen LogP) is 2.53. The van der Waals surface area contributed by atoms with E-state index in [0.29, 0.717) is 19.8 Å². The predicted molar refractivity (Wildman–Crippen MR) is 76.4 cm³/mol. The van der Waals surface area contributed by atoms with Crippen molar-refractivity contribution in [2.24, 2.45) is 5.73 Å². The van der Waals surface area contributed by atoms with E-state index in [1.54, 1.807) is 7.11 Å². The number of nitrogens with two attached hydrogens (primary N) is 1. The van der Waals surface area contributed by atoms with Crippen LogP contribution < -0.4 is 10.5 Å². The molecule has 2 N–H and O–H groups in total. The SMILES string of the molecule is COc1ccccc1C(N)COCCOC(C)(C)C. The van der Waals surface area contributed by atoms with Crippen molar-refractivity contribution in [3.63, 3.8) is 0 Å². The summed E-state index contributed by atoms with van der Waals surface area (Å²) in [6.45, 7) is 7.63. The van der Waals surface area contributed by atoms with Gasteiger partial charge in [0.15, 0.2) is 0 Å². The number of methoxy groups -OCH3 is 1. The van der Waals surface area contributed by atoms with E-state index in [1.807, 2.05) is 45.0 Å². The van der Waals surface area contributed by atoms with Gasteiger partial charge in [-0.25, -0.2) is 0 Å². The van der Waals surface area contributed by atoms with Gasteiger partial charge in [-0.3, -0.25) is 0 Å². The molecule has 0 bridgehead atoms. The van der Waals surface area contributed by atoms with Crippen molar-refractivity contribution in [2.45, 2.75) is 32.4 Å². The summed E-state index contributed by atoms with van der Waals surface area (Å²) >= 11 is 0. The van der Waals surface area contributed by atoms with Gasteiger partial charge in [0.1, 0.15) is 5.75 Å². The van der Waals surface area contributed by atoms with Crippen molar-refractivity contribution in [1.82, 2.24) is 0 Å². The fraction of sp³-hybridized carbons (Fsp3) is 0.600. The van der Waals surface area contributed by atoms with Crippen molar-refractivity contribution in [2.75, 3.05) is 26.9 Å². The Morgan fingerprint density at radius 2 is 1.84 bits per heavy atom. The van der Waals surface area contributed by atoms with Crippen molar-refractivity contribution >= 4 is 0 Å². The van der Waals surface area contributed by atoms with Gasteiger partial charge in [0.25, 0.3) is 0 Å². The number of ether oxygens (including phenoxy) is 3. The third-order valence-corrected chi connectivity index (χ3v) is 2.60. The molecule has 4 heteroatoms. The molecule has 1 unspecified atom stereocenters. The first kappa shape index (κ1) is 16.0. The molecule has 0 aliphatic rings. The van der Waals surface area contributed by atoms with Crippen molar-refractivity contribution in [1.29, 1.82) is 0 Å². The summed E-state index contributed by atoms with van der Waals surface area (Å²) in [7, 11) is 1.64. The Labute approximate surface area is 115 Å². The van der Waals surface area contributed by atoms with E-state index in [1.165, 1.54) is 0 Å². The fourth-order valence-electron chi connectivity index (χ4n) is 1.68. The molecule has 0 amide bonds. The summed E-state index contributed by atoms with van der Waals surface area (Å²) in [5.41, 5.74) is 6.92. The molecule has 0 spiro atoms. The molecule has 0 saturated heterocycles. The van der Waals surface area contributed by atoms with Crippen molar-refractivity contribution in [3.8, 4) is 5.75 Å². The third-order valence-electron chi connectivity index (χ3n) is 2.60. The summed E-state index contributed by atoms with van der Waals surface area (Å²) in [5, 5.41) is 0. The second-order valence-corrected chi connectivity index (χ2v) is 5.38. The minimum atomic E-state index is -0.189. The summed E-state index contributed by atoms with van der Waals surface area (Å²) in [6.07, 6.45) is 0. The Morgan fingerprint density at radius 1 is 1.16 bits per heavy atom. The van der Waals surface area contributed by atoms with Gasteiger partial charge in [0.2, 0.25) is 0 Å². The van der Waals surface area contributed by atoms with Crippen LogP contribution in [0.5, 0.6) is 5.75 Å². The Bertz CT molecular complexity index is 374. The molecule has 0 aromatic heterocycles. The van der Waals surface area contributed by atoms with Crippen LogP contribution in [0.25, 0.3) is 0 Å². The van der Waals surface area contributed by atoms with Crippen LogP contribution in [0.2, 0.25) is 0 Å². The summed E-state index contributed by atoms with van der Waals surface area (Å²) in [6, 6.07) is 7.54. The number of hydrogen-bond donors (Lipinski definition) is 1. The van der Waals surface area contributed by atoms with E-state index >= 15 is 0 Å². The first-order chi connectivity index (χ1) is 8.94. The topological polar surface area (TPSA) is 53.7 Å². The van der Waals surface area contributed by atoms with Crippen molar-refractivity contribution in [3.05, 3.63) is 29.8 Å². The van der Waals surface area contributed by atoms with Gasteiger partial charge < -0.3 is 19.9 Å². The maximum Gasteiger partial charge on any atom is 0.123 e. The molecular weight excluding hydrogens is 242 g/mol. The average molecular weight is 267 g/mol. The van der Waals surface area contributed by atoms with Crippen LogP contribution in [0.1, 0.15) is 32.4 Å². The van der Waals surface area contributed by atoms with Crippen LogP contribution in [0.3, 0.4) is 0 Å². The molecule has 0 aliphatic carbocycles. The van der Waals surface area contributed by atoms with Crippen molar-refractivity contribution < 1.29 is 14.2 Å². The lowest BCUT2D eigenvalue weighted by Gasteiger charge is -2.20. The molecule has 19 heavy (non-hydrogen) atoms. The van der Waals surface area contributed by atoms with E-state index in [2.05, 4.69) is 0 Å². The van der Waals surface area contributed by atoms with Gasteiger partial charge in [-0.1, -0.05) is 18.2 Å². The van der Waals surface area contributed by atoms with E-state index < -0.39 is 0 Å². The molecular formula is C15H25NO3. The zero-order valence-corrected chi connectivity index (χ0v) is 12.3. The van der Waals surface area contributed by atoms with Crippen LogP contribution in [-0.2, 0) is 9.47 Å². The molecule has 0 fully saturated rings. The number of para-hydroxylation sites is 1. The normalized spacial score (nSPS) is 13.3. The Hall–Kier alpha value is -1.10. The van der Waals surface area contributed by atoms with Crippen LogP contribution in [-0.4, -0.2) is 32.5 Å². The lowest BCUT2D eigenvalue weighted by atomic mass is 10.1. The van der Waals surface area contributed by atoms with Gasteiger partial charge >= 0.3 is 0 Å². The Balaban J connectivity index is 2.33. The molecule has 0 saturated carbocycles. The lowest BCUT2D eigenvalue weighted by molar-refractivity contribution is -0.0364. The van der Waals surface area contributed by atoms with Crippen LogP contribution in [0.4, 0.5) is 0 Å². The van der Waals surface area contributed by atoms with Crippen LogP contribution >= 0.6 is 0 Å². The van der Waals surface area contributed by atoms with E-state index in [9.17, 15) is 0 Å². The highest BCUT2D eigenvalue weighted by molar-refractivity contribution is 5.35. The summed E-state index contributed by atoms with van der Waals surface area (Å²) in [4.78, 5) is 0. The van der Waals surface area contributed by atoms with Crippen LogP contribution in [0, 0.1) is 0 Å². The molecule has 1 aromatic rings. The third kappa shape index (κ3) is 6.05. The highest BCUT2D eigenvalue weighted by Gasteiger charge is 2.12. The fourth-order valence-corrected chi connectivity index (χ4v) is 1.68. The molecule has 0 aliphatic heterocycles. The monoisotopic (exact) mass is 267 g/mol. The first-order valence-corrected chi connectivity index (χ1v) is 6.54. The second kappa shape index (κ2) is 7.48. The summed E-state index contributed by atoms with van der Waals surface area (Å²) in [5.74, 6) is 0.796. The van der Waals surface area contributed by atoms with Gasteiger partial charge in [-0.2, -0.15) is 0 Å².